The minimum atomic E-state index is -1.59. The number of aliphatic hydroxyl groups is 1. The number of rotatable bonds is 55. The summed E-state index contributed by atoms with van der Waals surface area (Å²) < 4.78 is 44.8. The van der Waals surface area contributed by atoms with E-state index in [0.717, 1.165) is 9.80 Å². The van der Waals surface area contributed by atoms with Crippen molar-refractivity contribution in [1.29, 1.82) is 0 Å². The maximum absolute atomic E-state index is 14.9. The van der Waals surface area contributed by atoms with E-state index in [1.54, 1.807) is 111 Å². The largest absolute Gasteiger partial charge is 0.464 e. The van der Waals surface area contributed by atoms with Crippen LogP contribution in [-0.2, 0) is 107 Å². The summed E-state index contributed by atoms with van der Waals surface area (Å²) in [6.07, 6.45) is -2.18. The minimum absolute atomic E-state index is 0.00357. The molecule has 3 heterocycles. The van der Waals surface area contributed by atoms with Gasteiger partial charge in [0.05, 0.1) is 115 Å². The summed E-state index contributed by atoms with van der Waals surface area (Å²) in [7, 11) is 6.01. The first-order valence-corrected chi connectivity index (χ1v) is 42.5. The zero-order valence-corrected chi connectivity index (χ0v) is 74.0. The summed E-state index contributed by atoms with van der Waals surface area (Å²) in [4.78, 5) is 207. The molecular weight excluding hydrogens is 1600 g/mol. The molecule has 15 atom stereocenters. The summed E-state index contributed by atoms with van der Waals surface area (Å²) in [5.41, 5.74) is 6.66. The number of amides is 15. The maximum Gasteiger partial charge on any atom is 0.410 e. The first-order chi connectivity index (χ1) is 58.4. The third-order valence-corrected chi connectivity index (χ3v) is 22.0. The van der Waals surface area contributed by atoms with E-state index >= 15 is 0 Å². The van der Waals surface area contributed by atoms with Crippen molar-refractivity contribution in [3.05, 3.63) is 65.7 Å². The van der Waals surface area contributed by atoms with Crippen molar-refractivity contribution < 1.29 is 115 Å². The standard InChI is InChI=1S/C85H134N14O24/c1-16-53(8)73(64(116-14)48-69(104)98-35-21-25-63(98)75(117-15)55(10)76(106)89-56(11)74(105)58-22-18-17-19-23-58)96(12)82(112)71(51(4)5)95-80(110)72(52(6)7)97(13)85(115)123-49-57-26-28-59(29-27-57)90-77(107)60(24-20-33-88-84(86)114)93-79(109)70(50(2)3)94-78(108)62(47-67(102)91-61-31-38-122-83(61)113)92-66(101)32-37-118-40-42-120-44-45-121-43-41-119-39-34-87-65(100)30-36-99-68(103)46-54(9)81(99)111/h17-19,22-23,26-29,50-56,60-64,70-75,105H,16,20-21,24-25,30-49H2,1-15H3,(H,87,100)(H,89,106)(H,90,107)(H,91,102)(H,92,101)(H,93,109)(H,94,108)(H,95,110)(H3,86,88,114)/t53-,54?,55+,56+,60-,61-,62-,63-,64+,70-,71-,72-,73-,74+,75+/m0/s1. The van der Waals surface area contributed by atoms with Crippen LogP contribution in [0.3, 0.4) is 0 Å². The molecule has 3 fully saturated rings. The molecule has 2 aromatic rings. The van der Waals surface area contributed by atoms with E-state index < -0.39 is 162 Å². The van der Waals surface area contributed by atoms with Gasteiger partial charge in [-0.25, -0.2) is 14.4 Å². The minimum Gasteiger partial charge on any atom is -0.464 e. The van der Waals surface area contributed by atoms with Gasteiger partial charge in [-0.15, -0.1) is 0 Å². The van der Waals surface area contributed by atoms with Gasteiger partial charge in [0, 0.05) is 91.8 Å². The van der Waals surface area contributed by atoms with Gasteiger partial charge in [0.25, 0.3) is 0 Å². The third-order valence-electron chi connectivity index (χ3n) is 22.0. The topological polar surface area (TPSA) is 497 Å². The Kier molecular flexibility index (Phi) is 44.8. The number of likely N-dealkylation sites (tertiary alicyclic amines) is 2. The molecule has 2 aromatic carbocycles. The zero-order valence-electron chi connectivity index (χ0n) is 74.0. The Balaban J connectivity index is 1.13. The SMILES string of the molecule is CC[C@H](C)[C@@H]([C@@H](CC(=O)N1CCC[C@H]1[C@H](OC)[C@@H](C)C(=O)N[C@H](C)[C@@H](O)c1ccccc1)OC)N(C)C(=O)[C@@H](NC(=O)[C@H](C(C)C)N(C)C(=O)OCc1ccc(NC(=O)[C@H](CCCNC(N)=O)NC(=O)[C@@H](NC(=O)[C@H](CC(=O)N[C@H]2CCOC2=O)NC(=O)CCOCCOCCOCCOCCNC(=O)CCN2C(=O)CC(C)C2=O)C(C)C)cc1)C(C)C. The molecule has 12 N–H and O–H groups in total. The fourth-order valence-electron chi connectivity index (χ4n) is 14.8. The van der Waals surface area contributed by atoms with Crippen LogP contribution in [0.5, 0.6) is 0 Å². The van der Waals surface area contributed by atoms with Gasteiger partial charge in [0.15, 0.2) is 0 Å². The Morgan fingerprint density at radius 3 is 1.83 bits per heavy atom. The molecule has 0 aromatic heterocycles. The van der Waals surface area contributed by atoms with Gasteiger partial charge in [-0.1, -0.05) is 118 Å². The van der Waals surface area contributed by atoms with Crippen LogP contribution < -0.4 is 53.6 Å². The van der Waals surface area contributed by atoms with E-state index in [0.29, 0.717) is 36.9 Å². The molecule has 688 valence electrons. The van der Waals surface area contributed by atoms with Crippen LogP contribution in [0.4, 0.5) is 15.3 Å². The highest BCUT2D eigenvalue weighted by Gasteiger charge is 2.45. The van der Waals surface area contributed by atoms with Crippen LogP contribution in [0.1, 0.15) is 164 Å². The monoisotopic (exact) mass is 1730 g/mol. The molecule has 5 rings (SSSR count). The Morgan fingerprint density at radius 1 is 0.634 bits per heavy atom. The smallest absolute Gasteiger partial charge is 0.410 e. The van der Waals surface area contributed by atoms with Crippen LogP contribution in [-0.4, -0.2) is 294 Å². The highest BCUT2D eigenvalue weighted by molar-refractivity contribution is 6.04. The summed E-state index contributed by atoms with van der Waals surface area (Å²) in [6, 6.07) is 5.08. The Hall–Kier alpha value is -9.99. The highest BCUT2D eigenvalue weighted by Crippen LogP contribution is 2.31. The fourth-order valence-corrected chi connectivity index (χ4v) is 14.8. The summed E-state index contributed by atoms with van der Waals surface area (Å²) in [5.74, 6) is -10.1. The van der Waals surface area contributed by atoms with Crippen molar-refractivity contribution in [2.45, 2.75) is 226 Å². The molecule has 38 nitrogen and oxygen atoms in total. The van der Waals surface area contributed by atoms with Gasteiger partial charge in [-0.2, -0.15) is 0 Å². The Bertz CT molecular complexity index is 3790. The van der Waals surface area contributed by atoms with Gasteiger partial charge < -0.3 is 106 Å². The molecule has 0 bridgehead atoms. The van der Waals surface area contributed by atoms with Crippen molar-refractivity contribution in [2.24, 2.45) is 41.2 Å². The van der Waals surface area contributed by atoms with Crippen molar-refractivity contribution in [1.82, 2.24) is 62.1 Å². The predicted molar refractivity (Wildman–Crippen MR) is 449 cm³/mol. The summed E-state index contributed by atoms with van der Waals surface area (Å²) in [6.45, 7) is 21.0. The van der Waals surface area contributed by atoms with Gasteiger partial charge in [-0.05, 0) is 79.5 Å². The lowest BCUT2D eigenvalue weighted by atomic mass is 9.89. The second kappa shape index (κ2) is 53.2. The number of primary amides is 1. The molecule has 3 aliphatic heterocycles. The molecule has 3 saturated heterocycles. The van der Waals surface area contributed by atoms with Crippen LogP contribution in [0, 0.1) is 35.5 Å². The molecule has 15 amide bonds. The average molecular weight is 1740 g/mol. The average Bonchev–Trinajstić information content (AvgIpc) is 1.73. The first kappa shape index (κ1) is 104. The number of urea groups is 1. The molecule has 1 unspecified atom stereocenters. The molecule has 0 spiro atoms. The van der Waals surface area contributed by atoms with Crippen LogP contribution in [0.25, 0.3) is 0 Å². The number of nitrogens with zero attached hydrogens (tertiary/aromatic N) is 4. The van der Waals surface area contributed by atoms with E-state index in [-0.39, 0.29) is 178 Å². The number of nitrogens with two attached hydrogens (primary N) is 1. The van der Waals surface area contributed by atoms with Gasteiger partial charge in [0.1, 0.15) is 42.9 Å². The number of hydrogen-bond donors (Lipinski definition) is 11. The number of cyclic esters (lactones) is 1. The number of carbonyl (C=O) groups is 15. The van der Waals surface area contributed by atoms with E-state index in [1.165, 1.54) is 38.3 Å². The van der Waals surface area contributed by atoms with Crippen molar-refractivity contribution in [3.63, 3.8) is 0 Å². The van der Waals surface area contributed by atoms with Crippen molar-refractivity contribution >= 4 is 94.7 Å². The number of aliphatic hydroxyl groups excluding tert-OH is 1. The molecular formula is C85H134N14O24. The Labute approximate surface area is 721 Å². The van der Waals surface area contributed by atoms with Crippen LogP contribution >= 0.6 is 0 Å². The second-order valence-electron chi connectivity index (χ2n) is 32.4. The quantitative estimate of drug-likeness (QED) is 0.0257. The molecule has 123 heavy (non-hydrogen) atoms. The van der Waals surface area contributed by atoms with E-state index in [2.05, 4.69) is 47.9 Å². The second-order valence-corrected chi connectivity index (χ2v) is 32.4. The van der Waals surface area contributed by atoms with Crippen molar-refractivity contribution in [2.75, 3.05) is 119 Å². The van der Waals surface area contributed by atoms with Gasteiger partial charge >= 0.3 is 18.1 Å². The van der Waals surface area contributed by atoms with E-state index in [9.17, 15) is 77.0 Å². The number of esters is 1. The number of methoxy groups -OCH3 is 2. The zero-order chi connectivity index (χ0) is 91.2. The Morgan fingerprint density at radius 2 is 1.26 bits per heavy atom. The maximum atomic E-state index is 14.9. The highest BCUT2D eigenvalue weighted by atomic mass is 16.6. The molecule has 0 radical (unpaired) electrons. The number of imide groups is 1. The van der Waals surface area contributed by atoms with Gasteiger partial charge in [0.2, 0.25) is 70.9 Å². The predicted octanol–water partition coefficient (Wildman–Crippen LogP) is 2.26. The number of anilines is 1. The normalized spacial score (nSPS) is 18.1. The number of hydrogen-bond acceptors (Lipinski definition) is 24. The number of ether oxygens (including phenoxy) is 8. The number of likely N-dealkylation sites (N-methyl/N-ethyl adjacent to an activating group) is 2. The van der Waals surface area contributed by atoms with E-state index in [1.807, 2.05) is 19.9 Å². The summed E-state index contributed by atoms with van der Waals surface area (Å²) in [5, 5.41) is 35.1. The van der Waals surface area contributed by atoms with Crippen molar-refractivity contribution in [3.8, 4) is 0 Å². The molecule has 0 saturated carbocycles. The van der Waals surface area contributed by atoms with E-state index in [4.69, 9.17) is 43.6 Å². The molecule has 38 heteroatoms. The first-order valence-electron chi connectivity index (χ1n) is 42.5. The lowest BCUT2D eigenvalue weighted by molar-refractivity contribution is -0.148. The third kappa shape index (κ3) is 33.5. The van der Waals surface area contributed by atoms with Crippen LogP contribution in [0.2, 0.25) is 0 Å². The van der Waals surface area contributed by atoms with Crippen LogP contribution in [0.15, 0.2) is 54.6 Å². The molecule has 3 aliphatic rings. The van der Waals surface area contributed by atoms with Gasteiger partial charge in [-0.3, -0.25) is 67.3 Å². The molecule has 0 aliphatic carbocycles. The number of benzene rings is 2. The lowest BCUT2D eigenvalue weighted by Crippen LogP contribution is -2.60. The fraction of sp³-hybridized carbons (Fsp3) is 0.682. The lowest BCUT2D eigenvalue weighted by Gasteiger charge is -2.41. The number of carbonyl (C=O) groups excluding carboxylic acids is 15. The number of nitrogens with one attached hydrogen (secondary N) is 9. The summed E-state index contributed by atoms with van der Waals surface area (Å²) >= 11 is 0.